The molecule has 0 aromatic heterocycles. The summed E-state index contributed by atoms with van der Waals surface area (Å²) in [7, 11) is 0. The van der Waals surface area contributed by atoms with E-state index in [9.17, 15) is 5.11 Å². The average Bonchev–Trinajstić information content (AvgIpc) is 2.25. The first-order chi connectivity index (χ1) is 7.18. The number of unbranched alkanes of at least 4 members (excludes halogenated alkanes) is 3. The van der Waals surface area contributed by atoms with Gasteiger partial charge in [-0.3, -0.25) is 0 Å². The maximum absolute atomic E-state index is 10.1. The normalized spacial score (nSPS) is 15.2. The molecule has 0 aliphatic carbocycles. The highest BCUT2D eigenvalue weighted by Gasteiger charge is 2.23. The van der Waals surface area contributed by atoms with E-state index in [1.165, 1.54) is 19.3 Å². The van der Waals surface area contributed by atoms with Gasteiger partial charge in [-0.1, -0.05) is 39.5 Å². The van der Waals surface area contributed by atoms with Crippen LogP contribution in [0.15, 0.2) is 0 Å². The number of hydrogen-bond acceptors (Lipinski definition) is 3. The van der Waals surface area contributed by atoms with Gasteiger partial charge in [-0.15, -0.1) is 0 Å². The molecule has 3 heteroatoms. The molecule has 0 saturated carbocycles. The topological polar surface area (TPSA) is 49.7 Å². The van der Waals surface area contributed by atoms with Gasteiger partial charge in [0.2, 0.25) is 0 Å². The fraction of sp³-hybridized carbons (Fsp3) is 1.00. The van der Waals surface area contributed by atoms with Crippen molar-refractivity contribution in [2.24, 2.45) is 0 Å². The van der Waals surface area contributed by atoms with Crippen LogP contribution < -0.4 is 0 Å². The third-order valence-electron chi connectivity index (χ3n) is 2.76. The SMILES string of the molecule is CCCCCCC(O)(CC)COCCO. The Kier molecular flexibility index (Phi) is 9.06. The van der Waals surface area contributed by atoms with E-state index in [0.717, 1.165) is 12.8 Å². The van der Waals surface area contributed by atoms with Crippen LogP contribution in [0, 0.1) is 0 Å². The smallest absolute Gasteiger partial charge is 0.0877 e. The monoisotopic (exact) mass is 218 g/mol. The van der Waals surface area contributed by atoms with Crippen molar-refractivity contribution in [3.05, 3.63) is 0 Å². The van der Waals surface area contributed by atoms with Gasteiger partial charge in [0.05, 0.1) is 25.4 Å². The zero-order chi connectivity index (χ0) is 11.6. The predicted octanol–water partition coefficient (Wildman–Crippen LogP) is 2.11. The Balaban J connectivity index is 3.65. The second-order valence-electron chi connectivity index (χ2n) is 4.16. The highest BCUT2D eigenvalue weighted by molar-refractivity contribution is 4.76. The standard InChI is InChI=1S/C12H26O3/c1-3-5-6-7-8-12(14,4-2)11-15-10-9-13/h13-14H,3-11H2,1-2H3. The van der Waals surface area contributed by atoms with E-state index in [0.29, 0.717) is 19.6 Å². The summed E-state index contributed by atoms with van der Waals surface area (Å²) in [6.45, 7) is 4.83. The van der Waals surface area contributed by atoms with Crippen LogP contribution in [0.25, 0.3) is 0 Å². The molecule has 1 atom stereocenters. The molecule has 0 amide bonds. The second-order valence-corrected chi connectivity index (χ2v) is 4.16. The van der Waals surface area contributed by atoms with Crippen LogP contribution in [0.3, 0.4) is 0 Å². The summed E-state index contributed by atoms with van der Waals surface area (Å²) in [6.07, 6.45) is 6.20. The van der Waals surface area contributed by atoms with Crippen LogP contribution in [0.4, 0.5) is 0 Å². The second kappa shape index (κ2) is 9.13. The third-order valence-corrected chi connectivity index (χ3v) is 2.76. The van der Waals surface area contributed by atoms with Gasteiger partial charge in [0.1, 0.15) is 0 Å². The van der Waals surface area contributed by atoms with Crippen LogP contribution in [0.2, 0.25) is 0 Å². The van der Waals surface area contributed by atoms with Crippen LogP contribution in [0.5, 0.6) is 0 Å². The molecule has 0 aliphatic rings. The molecule has 0 aromatic carbocycles. The van der Waals surface area contributed by atoms with Crippen molar-refractivity contribution in [3.8, 4) is 0 Å². The van der Waals surface area contributed by atoms with Gasteiger partial charge in [-0.05, 0) is 12.8 Å². The molecule has 0 rings (SSSR count). The van der Waals surface area contributed by atoms with Crippen LogP contribution in [-0.4, -0.2) is 35.6 Å². The van der Waals surface area contributed by atoms with Crippen molar-refractivity contribution in [2.45, 2.75) is 58.0 Å². The fourth-order valence-electron chi connectivity index (χ4n) is 1.56. The Morgan fingerprint density at radius 2 is 1.87 bits per heavy atom. The minimum absolute atomic E-state index is 0.0234. The number of rotatable bonds is 10. The number of hydrogen-bond donors (Lipinski definition) is 2. The van der Waals surface area contributed by atoms with Gasteiger partial charge in [0.15, 0.2) is 0 Å². The lowest BCUT2D eigenvalue weighted by Gasteiger charge is -2.26. The number of ether oxygens (including phenoxy) is 1. The molecule has 0 aromatic rings. The summed E-state index contributed by atoms with van der Waals surface area (Å²) in [4.78, 5) is 0. The van der Waals surface area contributed by atoms with Gasteiger partial charge < -0.3 is 14.9 Å². The zero-order valence-corrected chi connectivity index (χ0v) is 10.2. The minimum atomic E-state index is -0.692. The summed E-state index contributed by atoms with van der Waals surface area (Å²) >= 11 is 0. The van der Waals surface area contributed by atoms with Crippen molar-refractivity contribution < 1.29 is 14.9 Å². The lowest BCUT2D eigenvalue weighted by molar-refractivity contribution is -0.0609. The number of aliphatic hydroxyl groups is 2. The van der Waals surface area contributed by atoms with Crippen molar-refractivity contribution >= 4 is 0 Å². The van der Waals surface area contributed by atoms with Gasteiger partial charge in [0.25, 0.3) is 0 Å². The maximum atomic E-state index is 10.1. The molecule has 0 aliphatic heterocycles. The molecule has 2 N–H and O–H groups in total. The Labute approximate surface area is 93.5 Å². The molecule has 1 unspecified atom stereocenters. The van der Waals surface area contributed by atoms with E-state index in [4.69, 9.17) is 9.84 Å². The van der Waals surface area contributed by atoms with E-state index in [-0.39, 0.29) is 6.61 Å². The first-order valence-corrected chi connectivity index (χ1v) is 6.09. The van der Waals surface area contributed by atoms with E-state index in [1.807, 2.05) is 6.92 Å². The van der Waals surface area contributed by atoms with Gasteiger partial charge in [-0.2, -0.15) is 0 Å². The first-order valence-electron chi connectivity index (χ1n) is 6.09. The molecule has 3 nitrogen and oxygen atoms in total. The van der Waals surface area contributed by atoms with Crippen LogP contribution in [-0.2, 0) is 4.74 Å². The summed E-state index contributed by atoms with van der Waals surface area (Å²) < 4.78 is 5.20. The largest absolute Gasteiger partial charge is 0.394 e. The predicted molar refractivity (Wildman–Crippen MR) is 61.9 cm³/mol. The molecular formula is C12H26O3. The fourth-order valence-corrected chi connectivity index (χ4v) is 1.56. The van der Waals surface area contributed by atoms with Gasteiger partial charge in [-0.25, -0.2) is 0 Å². The van der Waals surface area contributed by atoms with Crippen LogP contribution in [0.1, 0.15) is 52.4 Å². The highest BCUT2D eigenvalue weighted by Crippen LogP contribution is 2.19. The zero-order valence-electron chi connectivity index (χ0n) is 10.2. The molecule has 0 heterocycles. The maximum Gasteiger partial charge on any atom is 0.0877 e. The average molecular weight is 218 g/mol. The molecule has 0 radical (unpaired) electrons. The summed E-state index contributed by atoms with van der Waals surface area (Å²) in [5.74, 6) is 0. The van der Waals surface area contributed by atoms with Crippen LogP contribution >= 0.6 is 0 Å². The third kappa shape index (κ3) is 7.77. The summed E-state index contributed by atoms with van der Waals surface area (Å²) in [5.41, 5.74) is -0.692. The molecule has 0 fully saturated rings. The molecule has 0 spiro atoms. The van der Waals surface area contributed by atoms with Crippen molar-refractivity contribution in [1.82, 2.24) is 0 Å². The van der Waals surface area contributed by atoms with E-state index >= 15 is 0 Å². The van der Waals surface area contributed by atoms with Gasteiger partial charge >= 0.3 is 0 Å². The molecule has 0 saturated heterocycles. The minimum Gasteiger partial charge on any atom is -0.394 e. The lowest BCUT2D eigenvalue weighted by atomic mass is 9.94. The Hall–Kier alpha value is -0.120. The van der Waals surface area contributed by atoms with Gasteiger partial charge in [0, 0.05) is 0 Å². The Bertz CT molecular complexity index is 139. The van der Waals surface area contributed by atoms with Crippen molar-refractivity contribution in [2.75, 3.05) is 19.8 Å². The van der Waals surface area contributed by atoms with Crippen molar-refractivity contribution in [1.29, 1.82) is 0 Å². The van der Waals surface area contributed by atoms with E-state index < -0.39 is 5.60 Å². The first kappa shape index (κ1) is 14.9. The number of aliphatic hydroxyl groups excluding tert-OH is 1. The Morgan fingerprint density at radius 3 is 2.40 bits per heavy atom. The summed E-state index contributed by atoms with van der Waals surface area (Å²) in [6, 6.07) is 0. The molecule has 0 bridgehead atoms. The molecular weight excluding hydrogens is 192 g/mol. The molecule has 15 heavy (non-hydrogen) atoms. The lowest BCUT2D eigenvalue weighted by Crippen LogP contribution is -2.34. The Morgan fingerprint density at radius 1 is 1.13 bits per heavy atom. The van der Waals surface area contributed by atoms with E-state index in [2.05, 4.69) is 6.92 Å². The van der Waals surface area contributed by atoms with E-state index in [1.54, 1.807) is 0 Å². The quantitative estimate of drug-likeness (QED) is 0.552. The summed E-state index contributed by atoms with van der Waals surface area (Å²) in [5, 5.41) is 18.7. The highest BCUT2D eigenvalue weighted by atomic mass is 16.5. The van der Waals surface area contributed by atoms with Crippen molar-refractivity contribution in [3.63, 3.8) is 0 Å². The molecule has 92 valence electrons.